The molecule has 0 saturated carbocycles. The minimum absolute atomic E-state index is 0.580. The minimum atomic E-state index is 0.580. The van der Waals surface area contributed by atoms with Gasteiger partial charge in [-0.25, -0.2) is 0 Å². The second-order valence-electron chi connectivity index (χ2n) is 4.51. The highest BCUT2D eigenvalue weighted by Crippen LogP contribution is 2.12. The number of nitrogens with one attached hydrogen (secondary N) is 1. The molecule has 0 atom stereocenters. The topological polar surface area (TPSA) is 30.5 Å². The first kappa shape index (κ1) is 15.3. The Hall–Kier alpha value is -0.770. The molecule has 0 amide bonds. The van der Waals surface area contributed by atoms with E-state index < -0.39 is 0 Å². The lowest BCUT2D eigenvalue weighted by molar-refractivity contribution is 0.0411. The van der Waals surface area contributed by atoms with Crippen molar-refractivity contribution >= 4 is 17.3 Å². The lowest BCUT2D eigenvalue weighted by Gasteiger charge is -2.09. The average Bonchev–Trinajstić information content (AvgIpc) is 2.34. The third-order valence-corrected chi connectivity index (χ3v) is 2.49. The molecule has 0 aliphatic heterocycles. The first-order valence-electron chi connectivity index (χ1n) is 6.33. The van der Waals surface area contributed by atoms with Crippen molar-refractivity contribution in [2.24, 2.45) is 5.92 Å². The molecule has 0 fully saturated rings. The Kier molecular flexibility index (Phi) is 7.81. The molecular formula is C14H22ClNO2. The molecule has 0 spiro atoms. The van der Waals surface area contributed by atoms with E-state index in [0.29, 0.717) is 25.7 Å². The molecule has 0 saturated heterocycles. The van der Waals surface area contributed by atoms with Crippen molar-refractivity contribution in [2.75, 3.05) is 38.3 Å². The number of ether oxygens (including phenoxy) is 2. The van der Waals surface area contributed by atoms with Gasteiger partial charge in [0.15, 0.2) is 0 Å². The second kappa shape index (κ2) is 9.20. The maximum absolute atomic E-state index is 5.80. The molecule has 0 aliphatic rings. The van der Waals surface area contributed by atoms with Gasteiger partial charge in [0.25, 0.3) is 0 Å². The number of hydrogen-bond acceptors (Lipinski definition) is 3. The van der Waals surface area contributed by atoms with Gasteiger partial charge in [-0.1, -0.05) is 25.4 Å². The van der Waals surface area contributed by atoms with Gasteiger partial charge in [-0.3, -0.25) is 0 Å². The molecule has 0 aromatic heterocycles. The second-order valence-corrected chi connectivity index (χ2v) is 4.95. The lowest BCUT2D eigenvalue weighted by Crippen LogP contribution is -2.13. The molecule has 0 radical (unpaired) electrons. The van der Waals surface area contributed by atoms with Crippen LogP contribution in [0.2, 0.25) is 5.02 Å². The molecule has 0 heterocycles. The van der Waals surface area contributed by atoms with E-state index in [-0.39, 0.29) is 0 Å². The van der Waals surface area contributed by atoms with Crippen LogP contribution in [0.1, 0.15) is 13.8 Å². The summed E-state index contributed by atoms with van der Waals surface area (Å²) < 4.78 is 10.9. The van der Waals surface area contributed by atoms with Gasteiger partial charge < -0.3 is 14.8 Å². The number of benzene rings is 1. The summed E-state index contributed by atoms with van der Waals surface area (Å²) in [6.45, 7) is 7.84. The highest BCUT2D eigenvalue weighted by molar-refractivity contribution is 6.30. The highest BCUT2D eigenvalue weighted by atomic mass is 35.5. The van der Waals surface area contributed by atoms with Crippen LogP contribution in [0.15, 0.2) is 24.3 Å². The summed E-state index contributed by atoms with van der Waals surface area (Å²) in [4.78, 5) is 0. The van der Waals surface area contributed by atoms with Crippen LogP contribution >= 0.6 is 11.6 Å². The van der Waals surface area contributed by atoms with Crippen LogP contribution < -0.4 is 5.32 Å². The maximum Gasteiger partial charge on any atom is 0.0701 e. The minimum Gasteiger partial charge on any atom is -0.383 e. The Bertz CT molecular complexity index is 314. The van der Waals surface area contributed by atoms with Gasteiger partial charge in [-0.15, -0.1) is 0 Å². The SMILES string of the molecule is CC(C)COCCOCCNc1ccc(Cl)cc1. The first-order valence-corrected chi connectivity index (χ1v) is 6.71. The van der Waals surface area contributed by atoms with Crippen molar-refractivity contribution in [3.8, 4) is 0 Å². The van der Waals surface area contributed by atoms with E-state index in [1.807, 2.05) is 24.3 Å². The van der Waals surface area contributed by atoms with Crippen LogP contribution in [0.4, 0.5) is 5.69 Å². The van der Waals surface area contributed by atoms with Gasteiger partial charge in [0.2, 0.25) is 0 Å². The maximum atomic E-state index is 5.80. The molecule has 0 bridgehead atoms. The molecule has 1 rings (SSSR count). The monoisotopic (exact) mass is 271 g/mol. The largest absolute Gasteiger partial charge is 0.383 e. The quantitative estimate of drug-likeness (QED) is 0.698. The Morgan fingerprint density at radius 3 is 2.39 bits per heavy atom. The fourth-order valence-corrected chi connectivity index (χ4v) is 1.50. The van der Waals surface area contributed by atoms with Crippen LogP contribution in [0, 0.1) is 5.92 Å². The summed E-state index contributed by atoms with van der Waals surface area (Å²) in [5, 5.41) is 4.01. The predicted molar refractivity (Wildman–Crippen MR) is 76.4 cm³/mol. The normalized spacial score (nSPS) is 10.9. The van der Waals surface area contributed by atoms with E-state index in [1.54, 1.807) is 0 Å². The fraction of sp³-hybridized carbons (Fsp3) is 0.571. The molecule has 1 N–H and O–H groups in total. The molecule has 0 unspecified atom stereocenters. The first-order chi connectivity index (χ1) is 8.68. The van der Waals surface area contributed by atoms with E-state index in [9.17, 15) is 0 Å². The van der Waals surface area contributed by atoms with Crippen molar-refractivity contribution in [3.63, 3.8) is 0 Å². The van der Waals surface area contributed by atoms with Gasteiger partial charge in [0, 0.05) is 23.9 Å². The summed E-state index contributed by atoms with van der Waals surface area (Å²) >= 11 is 5.80. The van der Waals surface area contributed by atoms with Gasteiger partial charge in [0.1, 0.15) is 0 Å². The molecule has 4 heteroatoms. The number of rotatable bonds is 9. The molecule has 102 valence electrons. The summed E-state index contributed by atoms with van der Waals surface area (Å²) in [6.07, 6.45) is 0. The number of hydrogen-bond donors (Lipinski definition) is 1. The third-order valence-electron chi connectivity index (χ3n) is 2.24. The zero-order valence-corrected chi connectivity index (χ0v) is 11.9. The van der Waals surface area contributed by atoms with Crippen molar-refractivity contribution in [1.29, 1.82) is 0 Å². The van der Waals surface area contributed by atoms with E-state index >= 15 is 0 Å². The standard InChI is InChI=1S/C14H22ClNO2/c1-12(2)11-18-10-9-17-8-7-16-14-5-3-13(15)4-6-14/h3-6,12,16H,7-11H2,1-2H3. The van der Waals surface area contributed by atoms with Crippen LogP contribution in [-0.4, -0.2) is 33.0 Å². The van der Waals surface area contributed by atoms with Gasteiger partial charge in [-0.05, 0) is 30.2 Å². The molecule has 0 aliphatic carbocycles. The lowest BCUT2D eigenvalue weighted by atomic mass is 10.2. The smallest absolute Gasteiger partial charge is 0.0701 e. The van der Waals surface area contributed by atoms with E-state index in [0.717, 1.165) is 23.9 Å². The zero-order chi connectivity index (χ0) is 13.2. The highest BCUT2D eigenvalue weighted by Gasteiger charge is 1.95. The Balaban J connectivity index is 1.94. The molecule has 1 aromatic rings. The Morgan fingerprint density at radius 1 is 1.06 bits per heavy atom. The van der Waals surface area contributed by atoms with Crippen LogP contribution in [0.5, 0.6) is 0 Å². The number of halogens is 1. The van der Waals surface area contributed by atoms with Gasteiger partial charge in [-0.2, -0.15) is 0 Å². The number of anilines is 1. The van der Waals surface area contributed by atoms with Gasteiger partial charge in [0.05, 0.1) is 19.8 Å². The predicted octanol–water partition coefficient (Wildman–Crippen LogP) is 3.44. The van der Waals surface area contributed by atoms with Crippen molar-refractivity contribution in [1.82, 2.24) is 0 Å². The zero-order valence-electron chi connectivity index (χ0n) is 11.1. The van der Waals surface area contributed by atoms with Crippen molar-refractivity contribution < 1.29 is 9.47 Å². The summed E-state index contributed by atoms with van der Waals surface area (Å²) in [7, 11) is 0. The fourth-order valence-electron chi connectivity index (χ4n) is 1.37. The molecule has 18 heavy (non-hydrogen) atoms. The summed E-state index contributed by atoms with van der Waals surface area (Å²) in [5.41, 5.74) is 1.05. The van der Waals surface area contributed by atoms with Crippen LogP contribution in [0.3, 0.4) is 0 Å². The van der Waals surface area contributed by atoms with Gasteiger partial charge >= 0.3 is 0 Å². The summed E-state index contributed by atoms with van der Waals surface area (Å²) in [5.74, 6) is 0.580. The molecule has 1 aromatic carbocycles. The average molecular weight is 272 g/mol. The Labute approximate surface area is 114 Å². The molecular weight excluding hydrogens is 250 g/mol. The van der Waals surface area contributed by atoms with Crippen molar-refractivity contribution in [2.45, 2.75) is 13.8 Å². The summed E-state index contributed by atoms with van der Waals surface area (Å²) in [6, 6.07) is 7.64. The Morgan fingerprint density at radius 2 is 1.72 bits per heavy atom. The van der Waals surface area contributed by atoms with E-state index in [4.69, 9.17) is 21.1 Å². The van der Waals surface area contributed by atoms with E-state index in [1.165, 1.54) is 0 Å². The van der Waals surface area contributed by atoms with E-state index in [2.05, 4.69) is 19.2 Å². The van der Waals surface area contributed by atoms with Crippen LogP contribution in [0.25, 0.3) is 0 Å². The van der Waals surface area contributed by atoms with Crippen molar-refractivity contribution in [3.05, 3.63) is 29.3 Å². The third kappa shape index (κ3) is 7.54. The van der Waals surface area contributed by atoms with Crippen LogP contribution in [-0.2, 0) is 9.47 Å². The molecule has 3 nitrogen and oxygen atoms in total.